The Labute approximate surface area is 162 Å². The van der Waals surface area contributed by atoms with Gasteiger partial charge in [-0.25, -0.2) is 0 Å². The molecule has 0 atom stereocenters. The highest BCUT2D eigenvalue weighted by atomic mass is 16.4. The summed E-state index contributed by atoms with van der Waals surface area (Å²) in [5.41, 5.74) is 6.18. The molecule has 0 saturated heterocycles. The van der Waals surface area contributed by atoms with E-state index in [1.165, 1.54) is 6.39 Å². The van der Waals surface area contributed by atoms with Crippen LogP contribution >= 0.6 is 0 Å². The van der Waals surface area contributed by atoms with Gasteiger partial charge in [0, 0.05) is 22.6 Å². The molecule has 0 bridgehead atoms. The second kappa shape index (κ2) is 7.15. The fraction of sp³-hybridized carbons (Fsp3) is 0.136. The Morgan fingerprint density at radius 1 is 0.964 bits per heavy atom. The number of anilines is 1. The smallest absolute Gasteiger partial charge is 0.257 e. The Bertz CT molecular complexity index is 1110. The lowest BCUT2D eigenvalue weighted by Gasteiger charge is -2.15. The second-order valence-electron chi connectivity index (χ2n) is 6.75. The van der Waals surface area contributed by atoms with Crippen molar-refractivity contribution in [2.75, 3.05) is 5.32 Å². The van der Waals surface area contributed by atoms with Gasteiger partial charge < -0.3 is 14.3 Å². The quantitative estimate of drug-likeness (QED) is 0.563. The first-order chi connectivity index (χ1) is 13.5. The molecule has 2 aromatic heterocycles. The normalized spacial score (nSPS) is 10.8. The highest BCUT2D eigenvalue weighted by molar-refractivity contribution is 6.07. The molecule has 0 unspecified atom stereocenters. The van der Waals surface area contributed by atoms with Crippen molar-refractivity contribution in [2.24, 2.45) is 0 Å². The molecule has 140 valence electrons. The number of nitrogens with one attached hydrogen (secondary N) is 1. The van der Waals surface area contributed by atoms with Gasteiger partial charge in [0.2, 0.25) is 12.3 Å². The van der Waals surface area contributed by atoms with Crippen LogP contribution in [0.3, 0.4) is 0 Å². The number of hydrogen-bond acceptors (Lipinski definition) is 4. The topological polar surface area (TPSA) is 73.0 Å². The van der Waals surface area contributed by atoms with E-state index in [1.807, 2.05) is 75.4 Å². The van der Waals surface area contributed by atoms with Gasteiger partial charge >= 0.3 is 0 Å². The summed E-state index contributed by atoms with van der Waals surface area (Å²) in [5.74, 6) is 0.286. The molecule has 0 fully saturated rings. The van der Waals surface area contributed by atoms with Gasteiger partial charge in [0.05, 0.1) is 11.3 Å². The third-order valence-corrected chi connectivity index (χ3v) is 4.66. The third-order valence-electron chi connectivity index (χ3n) is 4.66. The molecule has 0 aliphatic carbocycles. The van der Waals surface area contributed by atoms with Crippen LogP contribution in [0.15, 0.2) is 65.4 Å². The molecule has 0 aliphatic heterocycles. The van der Waals surface area contributed by atoms with E-state index in [0.717, 1.165) is 28.2 Å². The summed E-state index contributed by atoms with van der Waals surface area (Å²) in [6, 6.07) is 17.3. The van der Waals surface area contributed by atoms with Crippen molar-refractivity contribution in [1.82, 2.24) is 14.8 Å². The van der Waals surface area contributed by atoms with Crippen LogP contribution in [0, 0.1) is 20.8 Å². The summed E-state index contributed by atoms with van der Waals surface area (Å²) < 4.78 is 7.28. The first kappa shape index (κ1) is 17.7. The summed E-state index contributed by atoms with van der Waals surface area (Å²) in [6.45, 7) is 6.05. The van der Waals surface area contributed by atoms with Gasteiger partial charge in [0.1, 0.15) is 0 Å². The minimum absolute atomic E-state index is 0.156. The van der Waals surface area contributed by atoms with Crippen molar-refractivity contribution in [2.45, 2.75) is 20.8 Å². The zero-order valence-electron chi connectivity index (χ0n) is 15.9. The molecular weight excluding hydrogens is 352 g/mol. The lowest BCUT2D eigenvalue weighted by Crippen LogP contribution is -2.16. The van der Waals surface area contributed by atoms with Gasteiger partial charge in [-0.1, -0.05) is 11.6 Å². The highest BCUT2D eigenvalue weighted by Crippen LogP contribution is 2.24. The van der Waals surface area contributed by atoms with Crippen molar-refractivity contribution in [3.8, 4) is 17.1 Å². The van der Waals surface area contributed by atoms with Crippen LogP contribution in [0.1, 0.15) is 27.3 Å². The molecule has 0 aliphatic rings. The minimum atomic E-state index is -0.156. The van der Waals surface area contributed by atoms with E-state index in [1.54, 1.807) is 0 Å². The Balaban J connectivity index is 1.64. The number of rotatable bonds is 4. The SMILES string of the molecule is Cc1ccc(-n2c(C)ccc2C)c(C(=O)Nc2ccc(-c3nnco3)cc2)c1. The van der Waals surface area contributed by atoms with Gasteiger partial charge in [0.15, 0.2) is 0 Å². The van der Waals surface area contributed by atoms with Crippen LogP contribution in [0.4, 0.5) is 5.69 Å². The lowest BCUT2D eigenvalue weighted by molar-refractivity contribution is 0.102. The maximum absolute atomic E-state index is 13.1. The molecular formula is C22H20N4O2. The van der Waals surface area contributed by atoms with Crippen molar-refractivity contribution >= 4 is 11.6 Å². The second-order valence-corrected chi connectivity index (χ2v) is 6.75. The van der Waals surface area contributed by atoms with Crippen LogP contribution in [0.25, 0.3) is 17.1 Å². The molecule has 4 aromatic rings. The van der Waals surface area contributed by atoms with Crippen LogP contribution in [-0.4, -0.2) is 20.7 Å². The van der Waals surface area contributed by atoms with Crippen molar-refractivity contribution in [3.63, 3.8) is 0 Å². The fourth-order valence-electron chi connectivity index (χ4n) is 3.27. The van der Waals surface area contributed by atoms with E-state index in [9.17, 15) is 4.79 Å². The number of hydrogen-bond donors (Lipinski definition) is 1. The number of nitrogens with zero attached hydrogens (tertiary/aromatic N) is 3. The number of carbonyl (C=O) groups excluding carboxylic acids is 1. The zero-order valence-corrected chi connectivity index (χ0v) is 15.9. The summed E-state index contributed by atoms with van der Waals surface area (Å²) in [6.07, 6.45) is 1.29. The van der Waals surface area contributed by atoms with Crippen molar-refractivity contribution in [1.29, 1.82) is 0 Å². The highest BCUT2D eigenvalue weighted by Gasteiger charge is 2.16. The molecule has 0 radical (unpaired) electrons. The average molecular weight is 372 g/mol. The predicted molar refractivity (Wildman–Crippen MR) is 108 cm³/mol. The Kier molecular flexibility index (Phi) is 4.53. The summed E-state index contributed by atoms with van der Waals surface area (Å²) >= 11 is 0. The molecule has 28 heavy (non-hydrogen) atoms. The van der Waals surface area contributed by atoms with Gasteiger partial charge in [0.25, 0.3) is 5.91 Å². The van der Waals surface area contributed by atoms with E-state index >= 15 is 0 Å². The molecule has 6 nitrogen and oxygen atoms in total. The van der Waals surface area contributed by atoms with Crippen LogP contribution in [0.2, 0.25) is 0 Å². The van der Waals surface area contributed by atoms with Crippen LogP contribution < -0.4 is 5.32 Å². The third kappa shape index (κ3) is 3.32. The lowest BCUT2D eigenvalue weighted by atomic mass is 10.1. The van der Waals surface area contributed by atoms with Crippen molar-refractivity contribution < 1.29 is 9.21 Å². The number of carbonyl (C=O) groups is 1. The number of amides is 1. The Morgan fingerprint density at radius 2 is 1.68 bits per heavy atom. The van der Waals surface area contributed by atoms with E-state index in [2.05, 4.69) is 20.1 Å². The largest absolute Gasteiger partial charge is 0.423 e. The average Bonchev–Trinajstić information content (AvgIpc) is 3.33. The molecule has 4 rings (SSSR count). The fourth-order valence-corrected chi connectivity index (χ4v) is 3.27. The van der Waals surface area contributed by atoms with Crippen molar-refractivity contribution in [3.05, 3.63) is 83.5 Å². The molecule has 0 spiro atoms. The van der Waals surface area contributed by atoms with E-state index in [4.69, 9.17) is 4.42 Å². The maximum Gasteiger partial charge on any atom is 0.257 e. The van der Waals surface area contributed by atoms with Gasteiger partial charge in [-0.2, -0.15) is 0 Å². The van der Waals surface area contributed by atoms with Gasteiger partial charge in [-0.15, -0.1) is 10.2 Å². The molecule has 6 heteroatoms. The Hall–Kier alpha value is -3.67. The molecule has 2 heterocycles. The first-order valence-corrected chi connectivity index (χ1v) is 8.97. The summed E-state index contributed by atoms with van der Waals surface area (Å²) in [5, 5.41) is 10.5. The van der Waals surface area contributed by atoms with Gasteiger partial charge in [-0.3, -0.25) is 4.79 Å². The predicted octanol–water partition coefficient (Wildman–Crippen LogP) is 4.70. The van der Waals surface area contributed by atoms with E-state index in [0.29, 0.717) is 17.1 Å². The summed E-state index contributed by atoms with van der Waals surface area (Å²) in [7, 11) is 0. The first-order valence-electron chi connectivity index (χ1n) is 8.97. The number of benzene rings is 2. The maximum atomic E-state index is 13.1. The molecule has 2 aromatic carbocycles. The number of aryl methyl sites for hydroxylation is 3. The molecule has 1 amide bonds. The minimum Gasteiger partial charge on any atom is -0.423 e. The molecule has 1 N–H and O–H groups in total. The van der Waals surface area contributed by atoms with E-state index in [-0.39, 0.29) is 5.91 Å². The van der Waals surface area contributed by atoms with Crippen LogP contribution in [0.5, 0.6) is 0 Å². The zero-order chi connectivity index (χ0) is 19.7. The Morgan fingerprint density at radius 3 is 2.32 bits per heavy atom. The number of aromatic nitrogens is 3. The molecule has 0 saturated carbocycles. The van der Waals surface area contributed by atoms with E-state index < -0.39 is 0 Å². The standard InChI is InChI=1S/C22H20N4O2/c1-14-4-11-20(26-15(2)5-6-16(26)3)19(12-14)21(27)24-18-9-7-17(8-10-18)22-25-23-13-28-22/h4-13H,1-3H3,(H,24,27). The van der Waals surface area contributed by atoms with Crippen LogP contribution in [-0.2, 0) is 0 Å². The summed E-state index contributed by atoms with van der Waals surface area (Å²) in [4.78, 5) is 13.1. The monoisotopic (exact) mass is 372 g/mol. The van der Waals surface area contributed by atoms with Gasteiger partial charge in [-0.05, 0) is 69.3 Å².